The van der Waals surface area contributed by atoms with Gasteiger partial charge in [0.1, 0.15) is 0 Å². The summed E-state index contributed by atoms with van der Waals surface area (Å²) in [4.78, 5) is 19.9. The van der Waals surface area contributed by atoms with Crippen molar-refractivity contribution in [1.82, 2.24) is 19.9 Å². The molecule has 20 heavy (non-hydrogen) atoms. The summed E-state index contributed by atoms with van der Waals surface area (Å²) in [6.07, 6.45) is 1.13. The molecule has 0 spiro atoms. The topological polar surface area (TPSA) is 54.8 Å². The Kier molecular flexibility index (Phi) is 3.05. The highest BCUT2D eigenvalue weighted by molar-refractivity contribution is 6.28. The molecule has 3 heterocycles. The molecular formula is C14H18ClN5. The van der Waals surface area contributed by atoms with E-state index in [1.54, 1.807) is 0 Å². The number of fused-ring (bicyclic) bond motifs is 1. The largest absolute Gasteiger partial charge is 0.354 e. The molecule has 0 radical (unpaired) electrons. The van der Waals surface area contributed by atoms with Crippen LogP contribution in [0, 0.1) is 19.3 Å². The van der Waals surface area contributed by atoms with Gasteiger partial charge >= 0.3 is 0 Å². The predicted molar refractivity (Wildman–Crippen MR) is 80.2 cm³/mol. The number of nitrogens with zero attached hydrogens (tertiary/aromatic N) is 5. The van der Waals surface area contributed by atoms with Crippen LogP contribution in [0.25, 0.3) is 11.2 Å². The van der Waals surface area contributed by atoms with Gasteiger partial charge in [-0.15, -0.1) is 0 Å². The molecule has 5 nitrogen and oxygen atoms in total. The van der Waals surface area contributed by atoms with E-state index < -0.39 is 0 Å². The summed E-state index contributed by atoms with van der Waals surface area (Å²) in [5.74, 6) is 0.807. The third-order valence-corrected chi connectivity index (χ3v) is 4.04. The summed E-state index contributed by atoms with van der Waals surface area (Å²) < 4.78 is 0. The smallest absolute Gasteiger partial charge is 0.226 e. The number of aromatic nitrogens is 4. The summed E-state index contributed by atoms with van der Waals surface area (Å²) >= 11 is 6.05. The lowest BCUT2D eigenvalue weighted by Crippen LogP contribution is -2.24. The molecule has 0 saturated carbocycles. The molecule has 1 saturated heterocycles. The van der Waals surface area contributed by atoms with Crippen molar-refractivity contribution in [2.75, 3.05) is 18.0 Å². The van der Waals surface area contributed by atoms with Gasteiger partial charge in [0.2, 0.25) is 5.28 Å². The van der Waals surface area contributed by atoms with Gasteiger partial charge in [-0.05, 0) is 37.3 Å². The van der Waals surface area contributed by atoms with Crippen LogP contribution in [0.2, 0.25) is 5.28 Å². The molecular weight excluding hydrogens is 274 g/mol. The number of hydrogen-bond acceptors (Lipinski definition) is 5. The van der Waals surface area contributed by atoms with E-state index in [0.717, 1.165) is 42.2 Å². The maximum atomic E-state index is 6.05. The van der Waals surface area contributed by atoms with Crippen molar-refractivity contribution in [3.63, 3.8) is 0 Å². The van der Waals surface area contributed by atoms with Crippen LogP contribution in [0.3, 0.4) is 0 Å². The minimum Gasteiger partial charge on any atom is -0.354 e. The Morgan fingerprint density at radius 2 is 1.75 bits per heavy atom. The Morgan fingerprint density at radius 1 is 1.05 bits per heavy atom. The van der Waals surface area contributed by atoms with Crippen LogP contribution in [-0.4, -0.2) is 33.0 Å². The fourth-order valence-electron chi connectivity index (χ4n) is 2.59. The fraction of sp³-hybridized carbons (Fsp3) is 0.571. The van der Waals surface area contributed by atoms with Gasteiger partial charge in [0.15, 0.2) is 17.0 Å². The molecule has 3 rings (SSSR count). The SMILES string of the molecule is Cc1nc2nc(Cl)nc(N3CCC(C)(C)C3)c2nc1C. The molecule has 0 atom stereocenters. The van der Waals surface area contributed by atoms with E-state index in [4.69, 9.17) is 11.6 Å². The number of rotatable bonds is 1. The Hall–Kier alpha value is -1.49. The first-order chi connectivity index (χ1) is 9.35. The summed E-state index contributed by atoms with van der Waals surface area (Å²) in [5.41, 5.74) is 3.39. The predicted octanol–water partition coefficient (Wildman–Crippen LogP) is 2.93. The van der Waals surface area contributed by atoms with Gasteiger partial charge in [0.25, 0.3) is 0 Å². The van der Waals surface area contributed by atoms with Crippen LogP contribution >= 0.6 is 11.6 Å². The van der Waals surface area contributed by atoms with E-state index in [-0.39, 0.29) is 10.7 Å². The number of aryl methyl sites for hydroxylation is 2. The Balaban J connectivity index is 2.17. The molecule has 0 N–H and O–H groups in total. The third kappa shape index (κ3) is 2.30. The minimum absolute atomic E-state index is 0.231. The first kappa shape index (κ1) is 13.5. The van der Waals surface area contributed by atoms with E-state index >= 15 is 0 Å². The van der Waals surface area contributed by atoms with E-state index in [2.05, 4.69) is 38.7 Å². The lowest BCUT2D eigenvalue weighted by atomic mass is 9.93. The van der Waals surface area contributed by atoms with E-state index in [1.165, 1.54) is 0 Å². The first-order valence-corrected chi connectivity index (χ1v) is 7.17. The summed E-state index contributed by atoms with van der Waals surface area (Å²) in [5, 5.41) is 0.231. The molecule has 1 aliphatic heterocycles. The summed E-state index contributed by atoms with van der Waals surface area (Å²) in [7, 11) is 0. The van der Waals surface area contributed by atoms with Gasteiger partial charge in [-0.2, -0.15) is 9.97 Å². The van der Waals surface area contributed by atoms with Crippen molar-refractivity contribution >= 4 is 28.6 Å². The quantitative estimate of drug-likeness (QED) is 0.756. The molecule has 1 fully saturated rings. The molecule has 0 aliphatic carbocycles. The molecule has 2 aromatic heterocycles. The molecule has 6 heteroatoms. The molecule has 106 valence electrons. The van der Waals surface area contributed by atoms with E-state index in [0.29, 0.717) is 5.65 Å². The van der Waals surface area contributed by atoms with Crippen molar-refractivity contribution in [2.24, 2.45) is 5.41 Å². The van der Waals surface area contributed by atoms with Crippen LogP contribution in [0.5, 0.6) is 0 Å². The van der Waals surface area contributed by atoms with Gasteiger partial charge in [0, 0.05) is 13.1 Å². The number of hydrogen-bond donors (Lipinski definition) is 0. The zero-order valence-electron chi connectivity index (χ0n) is 12.2. The van der Waals surface area contributed by atoms with Crippen molar-refractivity contribution in [3.8, 4) is 0 Å². The van der Waals surface area contributed by atoms with Gasteiger partial charge in [-0.1, -0.05) is 13.8 Å². The van der Waals surface area contributed by atoms with Crippen molar-refractivity contribution < 1.29 is 0 Å². The third-order valence-electron chi connectivity index (χ3n) is 3.87. The number of halogens is 1. The molecule has 2 aromatic rings. The van der Waals surface area contributed by atoms with Crippen LogP contribution in [0.1, 0.15) is 31.7 Å². The lowest BCUT2D eigenvalue weighted by Gasteiger charge is -2.21. The normalized spacial score (nSPS) is 17.9. The Bertz CT molecular complexity index is 683. The Morgan fingerprint density at radius 3 is 2.40 bits per heavy atom. The standard InChI is InChI=1S/C14H18ClN5/c1-8-9(2)17-11-10(16-8)12(19-13(15)18-11)20-6-5-14(3,4)7-20/h5-7H2,1-4H3. The van der Waals surface area contributed by atoms with Crippen molar-refractivity contribution in [3.05, 3.63) is 16.7 Å². The second kappa shape index (κ2) is 4.52. The maximum Gasteiger partial charge on any atom is 0.226 e. The maximum absolute atomic E-state index is 6.05. The zero-order chi connectivity index (χ0) is 14.5. The second-order valence-electron chi connectivity index (χ2n) is 6.22. The molecule has 0 amide bonds. The Labute approximate surface area is 123 Å². The van der Waals surface area contributed by atoms with Crippen molar-refractivity contribution in [2.45, 2.75) is 34.1 Å². The first-order valence-electron chi connectivity index (χ1n) is 6.79. The van der Waals surface area contributed by atoms with Crippen LogP contribution in [-0.2, 0) is 0 Å². The summed E-state index contributed by atoms with van der Waals surface area (Å²) in [6.45, 7) is 10.3. The highest BCUT2D eigenvalue weighted by Crippen LogP contribution is 2.34. The van der Waals surface area contributed by atoms with Gasteiger partial charge in [-0.25, -0.2) is 9.97 Å². The van der Waals surface area contributed by atoms with Gasteiger partial charge in [-0.3, -0.25) is 0 Å². The highest BCUT2D eigenvalue weighted by atomic mass is 35.5. The van der Waals surface area contributed by atoms with Gasteiger partial charge < -0.3 is 4.90 Å². The minimum atomic E-state index is 0.231. The van der Waals surface area contributed by atoms with Crippen molar-refractivity contribution in [1.29, 1.82) is 0 Å². The highest BCUT2D eigenvalue weighted by Gasteiger charge is 2.31. The number of anilines is 1. The van der Waals surface area contributed by atoms with Crippen LogP contribution in [0.15, 0.2) is 0 Å². The van der Waals surface area contributed by atoms with E-state index in [9.17, 15) is 0 Å². The fourth-order valence-corrected chi connectivity index (χ4v) is 2.75. The monoisotopic (exact) mass is 291 g/mol. The average molecular weight is 292 g/mol. The van der Waals surface area contributed by atoms with Gasteiger partial charge in [0.05, 0.1) is 11.4 Å². The lowest BCUT2D eigenvalue weighted by molar-refractivity contribution is 0.418. The zero-order valence-corrected chi connectivity index (χ0v) is 13.0. The van der Waals surface area contributed by atoms with Crippen LogP contribution < -0.4 is 4.90 Å². The molecule has 0 aromatic carbocycles. The van der Waals surface area contributed by atoms with Crippen LogP contribution in [0.4, 0.5) is 5.82 Å². The average Bonchev–Trinajstić information content (AvgIpc) is 2.71. The molecule has 0 bridgehead atoms. The summed E-state index contributed by atoms with van der Waals surface area (Å²) in [6, 6.07) is 0. The van der Waals surface area contributed by atoms with E-state index in [1.807, 2.05) is 13.8 Å². The second-order valence-corrected chi connectivity index (χ2v) is 6.56. The molecule has 1 aliphatic rings. The molecule has 0 unspecified atom stereocenters.